The van der Waals surface area contributed by atoms with Gasteiger partial charge in [0.05, 0.1) is 12.7 Å². The van der Waals surface area contributed by atoms with Crippen LogP contribution in [0.5, 0.6) is 5.75 Å². The monoisotopic (exact) mass is 507 g/mol. The van der Waals surface area contributed by atoms with Gasteiger partial charge in [-0.15, -0.1) is 0 Å². The molecule has 2 aromatic carbocycles. The molecule has 198 valence electrons. The minimum absolute atomic E-state index is 0.114. The van der Waals surface area contributed by atoms with Crippen molar-refractivity contribution in [2.24, 2.45) is 5.92 Å². The Morgan fingerprint density at radius 1 is 1.00 bits per heavy atom. The van der Waals surface area contributed by atoms with Gasteiger partial charge in [0.1, 0.15) is 11.6 Å². The number of rotatable bonds is 9. The van der Waals surface area contributed by atoms with Crippen molar-refractivity contribution < 1.29 is 18.7 Å². The molecule has 7 heteroatoms. The van der Waals surface area contributed by atoms with Gasteiger partial charge in [-0.1, -0.05) is 61.7 Å². The normalized spacial score (nSPS) is 17.2. The molecule has 0 spiro atoms. The summed E-state index contributed by atoms with van der Waals surface area (Å²) in [5.41, 5.74) is 1.12. The maximum absolute atomic E-state index is 14.1. The van der Waals surface area contributed by atoms with Crippen molar-refractivity contribution in [3.63, 3.8) is 0 Å². The molecule has 2 aromatic rings. The fourth-order valence-electron chi connectivity index (χ4n) is 5.25. The summed E-state index contributed by atoms with van der Waals surface area (Å²) in [6, 6.07) is 14.0. The Hall–Kier alpha value is -3.19. The molecule has 1 heterocycles. The highest BCUT2D eigenvalue weighted by atomic mass is 19.1. The van der Waals surface area contributed by atoms with E-state index < -0.39 is 5.82 Å². The predicted molar refractivity (Wildman–Crippen MR) is 144 cm³/mol. The Kier molecular flexibility index (Phi) is 9.71. The molecule has 2 fully saturated rings. The maximum Gasteiger partial charge on any atom is 0.256 e. The van der Waals surface area contributed by atoms with Gasteiger partial charge in [0, 0.05) is 57.3 Å². The number of carbonyl (C=O) groups is 2. The number of para-hydroxylation sites is 1. The van der Waals surface area contributed by atoms with Crippen LogP contribution in [0.1, 0.15) is 48.0 Å². The highest BCUT2D eigenvalue weighted by Crippen LogP contribution is 2.26. The SMILES string of the molecule is COc1ccccc1/C=C/CN(CCN1CCN(C(=O)c2ccccc2F)CC1)C(=O)C1CCCCC1. The molecule has 1 aliphatic heterocycles. The number of amides is 2. The molecule has 4 rings (SSSR count). The van der Waals surface area contributed by atoms with Gasteiger partial charge in [-0.05, 0) is 31.0 Å². The van der Waals surface area contributed by atoms with Crippen LogP contribution in [-0.2, 0) is 4.79 Å². The van der Waals surface area contributed by atoms with Crippen LogP contribution in [0.3, 0.4) is 0 Å². The Balaban J connectivity index is 1.34. The molecule has 37 heavy (non-hydrogen) atoms. The summed E-state index contributed by atoms with van der Waals surface area (Å²) < 4.78 is 19.5. The summed E-state index contributed by atoms with van der Waals surface area (Å²) in [4.78, 5) is 32.2. The molecule has 0 radical (unpaired) electrons. The van der Waals surface area contributed by atoms with Crippen molar-refractivity contribution in [2.45, 2.75) is 32.1 Å². The van der Waals surface area contributed by atoms with Crippen molar-refractivity contribution in [1.29, 1.82) is 0 Å². The van der Waals surface area contributed by atoms with E-state index in [1.165, 1.54) is 18.6 Å². The van der Waals surface area contributed by atoms with Crippen LogP contribution in [0.2, 0.25) is 0 Å². The van der Waals surface area contributed by atoms with Crippen LogP contribution >= 0.6 is 0 Å². The van der Waals surface area contributed by atoms with Crippen molar-refractivity contribution in [1.82, 2.24) is 14.7 Å². The summed E-state index contributed by atoms with van der Waals surface area (Å²) in [6.07, 6.45) is 9.48. The lowest BCUT2D eigenvalue weighted by Crippen LogP contribution is -2.51. The molecule has 0 N–H and O–H groups in total. The Morgan fingerprint density at radius 3 is 2.43 bits per heavy atom. The zero-order chi connectivity index (χ0) is 26.0. The van der Waals surface area contributed by atoms with Crippen LogP contribution in [-0.4, -0.2) is 79.4 Å². The minimum Gasteiger partial charge on any atom is -0.496 e. The summed E-state index contributed by atoms with van der Waals surface area (Å²) >= 11 is 0. The number of piperazine rings is 1. The van der Waals surface area contributed by atoms with Crippen molar-refractivity contribution in [2.75, 3.05) is 52.9 Å². The highest BCUT2D eigenvalue weighted by molar-refractivity contribution is 5.94. The van der Waals surface area contributed by atoms with E-state index in [4.69, 9.17) is 4.74 Å². The van der Waals surface area contributed by atoms with E-state index in [2.05, 4.69) is 4.90 Å². The third kappa shape index (κ3) is 7.19. The molecule has 2 aliphatic rings. The Labute approximate surface area is 219 Å². The van der Waals surface area contributed by atoms with E-state index in [9.17, 15) is 14.0 Å². The number of methoxy groups -OCH3 is 1. The lowest BCUT2D eigenvalue weighted by molar-refractivity contribution is -0.136. The van der Waals surface area contributed by atoms with Crippen molar-refractivity contribution in [3.8, 4) is 5.75 Å². The van der Waals surface area contributed by atoms with E-state index in [0.29, 0.717) is 39.3 Å². The average molecular weight is 508 g/mol. The van der Waals surface area contributed by atoms with Crippen molar-refractivity contribution in [3.05, 3.63) is 71.6 Å². The van der Waals surface area contributed by atoms with Gasteiger partial charge in [-0.3, -0.25) is 14.5 Å². The van der Waals surface area contributed by atoms with E-state index in [1.807, 2.05) is 41.3 Å². The van der Waals surface area contributed by atoms with E-state index in [-0.39, 0.29) is 23.3 Å². The zero-order valence-electron chi connectivity index (χ0n) is 21.8. The highest BCUT2D eigenvalue weighted by Gasteiger charge is 2.27. The molecule has 0 unspecified atom stereocenters. The third-order valence-corrected chi connectivity index (χ3v) is 7.48. The second-order valence-electron chi connectivity index (χ2n) is 9.88. The first kappa shape index (κ1) is 26.9. The topological polar surface area (TPSA) is 53.1 Å². The number of halogens is 1. The quantitative estimate of drug-likeness (QED) is 0.493. The van der Waals surface area contributed by atoms with Gasteiger partial charge in [-0.2, -0.15) is 0 Å². The molecule has 0 bridgehead atoms. The second-order valence-corrected chi connectivity index (χ2v) is 9.88. The first-order chi connectivity index (χ1) is 18.1. The Morgan fingerprint density at radius 2 is 1.70 bits per heavy atom. The summed E-state index contributed by atoms with van der Waals surface area (Å²) in [5.74, 6) is 0.439. The first-order valence-electron chi connectivity index (χ1n) is 13.4. The number of carbonyl (C=O) groups excluding carboxylic acids is 2. The predicted octanol–water partition coefficient (Wildman–Crippen LogP) is 4.71. The van der Waals surface area contributed by atoms with E-state index in [0.717, 1.165) is 43.5 Å². The first-order valence-corrected chi connectivity index (χ1v) is 13.4. The second kappa shape index (κ2) is 13.4. The van der Waals surface area contributed by atoms with Gasteiger partial charge in [0.25, 0.3) is 5.91 Å². The van der Waals surface area contributed by atoms with Crippen LogP contribution in [0.25, 0.3) is 6.08 Å². The molecular formula is C30H38FN3O3. The van der Waals surface area contributed by atoms with Gasteiger partial charge in [-0.25, -0.2) is 4.39 Å². The lowest BCUT2D eigenvalue weighted by atomic mass is 9.88. The molecule has 0 aromatic heterocycles. The van der Waals surface area contributed by atoms with Crippen molar-refractivity contribution >= 4 is 17.9 Å². The van der Waals surface area contributed by atoms with E-state index in [1.54, 1.807) is 24.1 Å². The van der Waals surface area contributed by atoms with Crippen LogP contribution < -0.4 is 4.74 Å². The number of benzene rings is 2. The van der Waals surface area contributed by atoms with Gasteiger partial charge in [0.2, 0.25) is 5.91 Å². The van der Waals surface area contributed by atoms with E-state index >= 15 is 0 Å². The number of ether oxygens (including phenoxy) is 1. The van der Waals surface area contributed by atoms with Crippen LogP contribution in [0.15, 0.2) is 54.6 Å². The van der Waals surface area contributed by atoms with Gasteiger partial charge < -0.3 is 14.5 Å². The molecule has 1 saturated carbocycles. The lowest BCUT2D eigenvalue weighted by Gasteiger charge is -2.36. The maximum atomic E-state index is 14.1. The average Bonchev–Trinajstić information content (AvgIpc) is 2.95. The van der Waals surface area contributed by atoms with Crippen LogP contribution in [0, 0.1) is 11.7 Å². The fraction of sp³-hybridized carbons (Fsp3) is 0.467. The number of hydrogen-bond donors (Lipinski definition) is 0. The number of nitrogens with zero attached hydrogens (tertiary/aromatic N) is 3. The Bertz CT molecular complexity index is 1080. The largest absolute Gasteiger partial charge is 0.496 e. The molecular weight excluding hydrogens is 469 g/mol. The summed E-state index contributed by atoms with van der Waals surface area (Å²) in [7, 11) is 1.66. The standard InChI is InChI=1S/C30H38FN3O3/c1-37-28-16-8-5-10-24(28)13-9-17-33(29(35)25-11-3-2-4-12-25)21-18-32-19-22-34(23-20-32)30(36)26-14-6-7-15-27(26)31/h5-10,13-16,25H,2-4,11-12,17-23H2,1H3/b13-9+. The minimum atomic E-state index is -0.479. The fourth-order valence-corrected chi connectivity index (χ4v) is 5.25. The third-order valence-electron chi connectivity index (χ3n) is 7.48. The molecule has 1 aliphatic carbocycles. The summed E-state index contributed by atoms with van der Waals surface area (Å²) in [6.45, 7) is 4.48. The van der Waals surface area contributed by atoms with Gasteiger partial charge >= 0.3 is 0 Å². The molecule has 0 atom stereocenters. The number of hydrogen-bond acceptors (Lipinski definition) is 4. The molecule has 2 amide bonds. The molecule has 6 nitrogen and oxygen atoms in total. The van der Waals surface area contributed by atoms with Crippen LogP contribution in [0.4, 0.5) is 4.39 Å². The van der Waals surface area contributed by atoms with Gasteiger partial charge in [0.15, 0.2) is 0 Å². The molecule has 1 saturated heterocycles. The summed E-state index contributed by atoms with van der Waals surface area (Å²) in [5, 5.41) is 0. The smallest absolute Gasteiger partial charge is 0.256 e. The zero-order valence-corrected chi connectivity index (χ0v) is 21.8.